The SMILES string of the molecule is O=S(=O)(NCCCCN/C1=C/C(c2ccccc2I2CC2)=C\C(I)=C(Br)\C=N/[I-]1)c1ccc(F)cc1F. The third-order valence-corrected chi connectivity index (χ3v) is 15.6. The maximum absolute atomic E-state index is 13.9. The van der Waals surface area contributed by atoms with Crippen molar-refractivity contribution in [2.75, 3.05) is 21.9 Å². The van der Waals surface area contributed by atoms with Gasteiger partial charge >= 0.3 is 255 Å². The Bertz CT molecular complexity index is 1390. The van der Waals surface area contributed by atoms with E-state index in [1.54, 1.807) is 0 Å². The first-order valence-corrected chi connectivity index (χ1v) is 20.8. The van der Waals surface area contributed by atoms with E-state index in [0.29, 0.717) is 25.5 Å². The van der Waals surface area contributed by atoms with Gasteiger partial charge in [-0.2, -0.15) is 0 Å². The van der Waals surface area contributed by atoms with Crippen molar-refractivity contribution in [3.63, 3.8) is 0 Å². The van der Waals surface area contributed by atoms with Crippen LogP contribution in [0.5, 0.6) is 0 Å². The Hall–Kier alpha value is -0.430. The summed E-state index contributed by atoms with van der Waals surface area (Å²) >= 11 is 4.36. The molecule has 0 radical (unpaired) electrons. The summed E-state index contributed by atoms with van der Waals surface area (Å²) in [5.74, 6) is -1.92. The van der Waals surface area contributed by atoms with Crippen LogP contribution in [0.1, 0.15) is 18.4 Å². The van der Waals surface area contributed by atoms with Gasteiger partial charge in [-0.3, -0.25) is 0 Å². The number of unbranched alkanes of at least 4 members (excludes halogenated alkanes) is 1. The number of alkyl halides is 2. The van der Waals surface area contributed by atoms with Crippen LogP contribution >= 0.6 is 58.3 Å². The number of sulfonamides is 1. The summed E-state index contributed by atoms with van der Waals surface area (Å²) in [7, 11) is -4.03. The van der Waals surface area contributed by atoms with E-state index in [0.717, 1.165) is 23.9 Å². The first-order valence-electron chi connectivity index (χ1n) is 11.3. The van der Waals surface area contributed by atoms with Gasteiger partial charge in [-0.25, -0.2) is 4.39 Å². The van der Waals surface area contributed by atoms with Crippen molar-refractivity contribution in [2.45, 2.75) is 17.7 Å². The fourth-order valence-electron chi connectivity index (χ4n) is 3.43. The molecule has 1 saturated heterocycles. The second-order valence-electron chi connectivity index (χ2n) is 8.02. The number of hydrogen-bond donors (Lipinski definition) is 2. The van der Waals surface area contributed by atoms with E-state index in [9.17, 15) is 17.2 Å². The predicted octanol–water partition coefficient (Wildman–Crippen LogP) is 3.36. The van der Waals surface area contributed by atoms with Crippen LogP contribution in [0.4, 0.5) is 8.78 Å². The molecule has 5 nitrogen and oxygen atoms in total. The van der Waals surface area contributed by atoms with Crippen molar-refractivity contribution in [3.05, 3.63) is 87.2 Å². The second kappa shape index (κ2) is 13.8. The van der Waals surface area contributed by atoms with Gasteiger partial charge in [0.2, 0.25) is 0 Å². The fraction of sp³-hybridized carbons (Fsp3) is 0.240. The Kier molecular flexibility index (Phi) is 11.0. The number of halogens is 6. The average molecular weight is 929 g/mol. The molecule has 0 amide bonds. The van der Waals surface area contributed by atoms with E-state index in [2.05, 4.69) is 88.2 Å². The van der Waals surface area contributed by atoms with Crippen molar-refractivity contribution < 1.29 is 38.7 Å². The van der Waals surface area contributed by atoms with Gasteiger partial charge in [0.05, 0.1) is 0 Å². The Balaban J connectivity index is 1.38. The van der Waals surface area contributed by atoms with E-state index >= 15 is 0 Å². The van der Waals surface area contributed by atoms with Gasteiger partial charge in [-0.15, -0.1) is 0 Å². The molecule has 2 aromatic rings. The molecule has 0 atom stereocenters. The number of benzene rings is 2. The van der Waals surface area contributed by atoms with Crippen LogP contribution in [0.15, 0.2) is 74.5 Å². The van der Waals surface area contributed by atoms with E-state index in [1.807, 2.05) is 6.21 Å². The Labute approximate surface area is 256 Å². The molecule has 0 aromatic heterocycles. The van der Waals surface area contributed by atoms with Crippen LogP contribution in [0.25, 0.3) is 5.57 Å². The zero-order chi connectivity index (χ0) is 26.4. The molecule has 0 spiro atoms. The number of nitrogens with zero attached hydrogens (tertiary/aromatic N) is 1. The van der Waals surface area contributed by atoms with Gasteiger partial charge in [0, 0.05) is 0 Å². The van der Waals surface area contributed by atoms with Crippen molar-refractivity contribution in [1.82, 2.24) is 10.0 Å². The van der Waals surface area contributed by atoms with Crippen LogP contribution in [0.3, 0.4) is 0 Å². The summed E-state index contributed by atoms with van der Waals surface area (Å²) in [6.07, 6.45) is 7.57. The van der Waals surface area contributed by atoms with E-state index in [-0.39, 0.29) is 6.54 Å². The summed E-state index contributed by atoms with van der Waals surface area (Å²) in [5.41, 5.74) is 2.50. The fourth-order valence-corrected chi connectivity index (χ4v) is 12.0. The van der Waals surface area contributed by atoms with Crippen LogP contribution in [0, 0.1) is 15.2 Å². The quantitative estimate of drug-likeness (QED) is 0.167. The monoisotopic (exact) mass is 928 g/mol. The Morgan fingerprint density at radius 2 is 1.84 bits per heavy atom. The van der Waals surface area contributed by atoms with Gasteiger partial charge < -0.3 is 0 Å². The van der Waals surface area contributed by atoms with Crippen LogP contribution in [-0.2, 0) is 10.0 Å². The number of rotatable bonds is 10. The topological polar surface area (TPSA) is 70.6 Å². The van der Waals surface area contributed by atoms with Gasteiger partial charge in [0.25, 0.3) is 0 Å². The van der Waals surface area contributed by atoms with Crippen molar-refractivity contribution in [1.29, 1.82) is 0 Å². The first kappa shape index (κ1) is 29.6. The van der Waals surface area contributed by atoms with Crippen LogP contribution in [-0.4, -0.2) is 36.6 Å². The molecule has 12 heteroatoms. The molecule has 2 aromatic carbocycles. The number of allylic oxidation sites excluding steroid dienone is 5. The van der Waals surface area contributed by atoms with Crippen molar-refractivity contribution >= 4 is 80.2 Å². The molecule has 1 fully saturated rings. The summed E-state index contributed by atoms with van der Waals surface area (Å²) in [6.45, 7) is 0.820. The minimum absolute atomic E-state index is 0.160. The molecular weight excluding hydrogens is 905 g/mol. The molecule has 0 aliphatic carbocycles. The zero-order valence-corrected chi connectivity index (χ0v) is 28.3. The maximum atomic E-state index is 13.9. The van der Waals surface area contributed by atoms with Gasteiger partial charge in [0.15, 0.2) is 0 Å². The number of hydrogen-bond acceptors (Lipinski definition) is 4. The number of nitrogens with one attached hydrogen (secondary N) is 2. The molecule has 37 heavy (non-hydrogen) atoms. The minimum atomic E-state index is -4.03. The predicted molar refractivity (Wildman–Crippen MR) is 162 cm³/mol. The van der Waals surface area contributed by atoms with Gasteiger partial charge in [-0.1, -0.05) is 0 Å². The Morgan fingerprint density at radius 3 is 2.59 bits per heavy atom. The van der Waals surface area contributed by atoms with Crippen molar-refractivity contribution in [2.24, 2.45) is 3.21 Å². The normalized spacial score (nSPS) is 22.9. The molecule has 2 aliphatic heterocycles. The molecule has 4 rings (SSSR count). The third-order valence-electron chi connectivity index (χ3n) is 5.32. The van der Waals surface area contributed by atoms with E-state index < -0.39 is 67.9 Å². The molecular formula is C25H24BrF2I3N3O2S-. The summed E-state index contributed by atoms with van der Waals surface area (Å²) < 4.78 is 66.1. The molecule has 0 bridgehead atoms. The summed E-state index contributed by atoms with van der Waals surface area (Å²) in [4.78, 5) is -0.547. The first-order chi connectivity index (χ1) is 17.7. The molecule has 0 unspecified atom stereocenters. The van der Waals surface area contributed by atoms with Gasteiger partial charge in [-0.05, 0) is 0 Å². The zero-order valence-electron chi connectivity index (χ0n) is 19.5. The van der Waals surface area contributed by atoms with Crippen molar-refractivity contribution in [3.8, 4) is 0 Å². The summed E-state index contributed by atoms with van der Waals surface area (Å²) in [5, 5.41) is 3.51. The standard InChI is InChI=1S/C25H24BrF2I3N3O2S/c26-20-16-33-30-25(14-17(13-22(20)29)19-5-1-2-6-23(19)31-9-10-31)32-11-3-4-12-34-37(35,36)24-8-7-18(27)15-21(24)28/h1-2,5-8,13-16,32,34H,3-4,9-12H2/q-1/b17-13+,22-20+,25-14+,33-16-. The Morgan fingerprint density at radius 1 is 1.08 bits per heavy atom. The van der Waals surface area contributed by atoms with Crippen LogP contribution in [0.2, 0.25) is 0 Å². The molecule has 200 valence electrons. The summed E-state index contributed by atoms with van der Waals surface area (Å²) in [6, 6.07) is 11.2. The van der Waals surface area contributed by atoms with Gasteiger partial charge in [0.1, 0.15) is 0 Å². The average Bonchev–Trinajstić information content (AvgIpc) is 3.69. The second-order valence-corrected chi connectivity index (χ2v) is 19.9. The molecule has 0 saturated carbocycles. The third kappa shape index (κ3) is 8.53. The van der Waals surface area contributed by atoms with Crippen LogP contribution < -0.4 is 31.5 Å². The van der Waals surface area contributed by atoms with E-state index in [1.165, 1.54) is 23.6 Å². The molecule has 2 heterocycles. The molecule has 2 aliphatic rings. The van der Waals surface area contributed by atoms with E-state index in [4.69, 9.17) is 0 Å². The molecule has 2 N–H and O–H groups in total.